The van der Waals surface area contributed by atoms with Gasteiger partial charge in [-0.3, -0.25) is 5.32 Å². The summed E-state index contributed by atoms with van der Waals surface area (Å²) in [6.07, 6.45) is -0.853. The molecule has 1 rings (SSSR count). The van der Waals surface area contributed by atoms with E-state index >= 15 is 0 Å². The average Bonchev–Trinajstić information content (AvgIpc) is 2.08. The highest BCUT2D eigenvalue weighted by atomic mass is 19.1. The Morgan fingerprint density at radius 1 is 1.38 bits per heavy atom. The first-order valence-corrected chi connectivity index (χ1v) is 4.65. The molecule has 3 nitrogen and oxygen atoms in total. The summed E-state index contributed by atoms with van der Waals surface area (Å²) >= 11 is 0. The fourth-order valence-electron chi connectivity index (χ4n) is 0.947. The zero-order valence-corrected chi connectivity index (χ0v) is 9.23. The molecule has 0 aliphatic rings. The van der Waals surface area contributed by atoms with Crippen LogP contribution in [-0.4, -0.2) is 11.7 Å². The quantitative estimate of drug-likeness (QED) is 0.802. The van der Waals surface area contributed by atoms with Crippen LogP contribution in [0.3, 0.4) is 0 Å². The van der Waals surface area contributed by atoms with E-state index in [0.29, 0.717) is 0 Å². The van der Waals surface area contributed by atoms with Gasteiger partial charge in [0.15, 0.2) is 0 Å². The minimum atomic E-state index is -0.853. The van der Waals surface area contributed by atoms with Gasteiger partial charge in [-0.1, -0.05) is 0 Å². The summed E-state index contributed by atoms with van der Waals surface area (Å²) in [6.45, 7) is 4.99. The average molecular weight is 228 g/mol. The molecule has 0 bridgehead atoms. The predicted molar refractivity (Wildman–Crippen MR) is 55.1 cm³/mol. The monoisotopic (exact) mass is 228 g/mol. The fourth-order valence-corrected chi connectivity index (χ4v) is 0.947. The van der Waals surface area contributed by atoms with Gasteiger partial charge in [-0.15, -0.1) is 0 Å². The van der Waals surface area contributed by atoms with Gasteiger partial charge in [-0.2, -0.15) is 0 Å². The maximum atomic E-state index is 13.1. The largest absolute Gasteiger partial charge is 0.444 e. The van der Waals surface area contributed by atoms with Crippen LogP contribution in [0.4, 0.5) is 19.3 Å². The molecule has 0 heterocycles. The van der Waals surface area contributed by atoms with E-state index in [9.17, 15) is 13.6 Å². The maximum Gasteiger partial charge on any atom is 0.412 e. The topological polar surface area (TPSA) is 38.3 Å². The summed E-state index contributed by atoms with van der Waals surface area (Å²) in [7, 11) is 0. The summed E-state index contributed by atoms with van der Waals surface area (Å²) < 4.78 is 30.7. The first-order valence-electron chi connectivity index (χ1n) is 4.65. The molecule has 1 N–H and O–H groups in total. The Morgan fingerprint density at radius 2 is 2.00 bits per heavy atom. The van der Waals surface area contributed by atoms with Gasteiger partial charge in [-0.25, -0.2) is 13.6 Å². The number of anilines is 1. The Morgan fingerprint density at radius 3 is 2.56 bits per heavy atom. The fraction of sp³-hybridized carbons (Fsp3) is 0.364. The summed E-state index contributed by atoms with van der Waals surface area (Å²) in [5.74, 6) is -1.53. The molecule has 0 unspecified atom stereocenters. The smallest absolute Gasteiger partial charge is 0.412 e. The molecule has 1 aromatic carbocycles. The van der Waals surface area contributed by atoms with Crippen LogP contribution in [-0.2, 0) is 4.74 Å². The summed E-state index contributed by atoms with van der Waals surface area (Å²) in [5.41, 5.74) is -1.07. The van der Waals surface area contributed by atoms with Crippen molar-refractivity contribution in [1.82, 2.24) is 0 Å². The highest BCUT2D eigenvalue weighted by Gasteiger charge is 2.17. The molecule has 0 saturated heterocycles. The standard InChI is InChI=1S/C11H12F2NO2/c1-11(2,3)16-10(15)14-9-6-7(12)4-5-8(9)13/h4-5H,1-3H3,(H,14,15). The molecule has 0 saturated carbocycles. The van der Waals surface area contributed by atoms with Crippen LogP contribution in [0.1, 0.15) is 20.8 Å². The Hall–Kier alpha value is -1.65. The van der Waals surface area contributed by atoms with Crippen LogP contribution in [0.15, 0.2) is 12.1 Å². The molecule has 0 atom stereocenters. The molecule has 1 amide bonds. The van der Waals surface area contributed by atoms with Crippen molar-refractivity contribution in [3.63, 3.8) is 0 Å². The van der Waals surface area contributed by atoms with Gasteiger partial charge in [0.25, 0.3) is 0 Å². The molecule has 5 heteroatoms. The number of amides is 1. The van der Waals surface area contributed by atoms with Gasteiger partial charge >= 0.3 is 6.09 Å². The van der Waals surface area contributed by atoms with Crippen molar-refractivity contribution in [1.29, 1.82) is 0 Å². The highest BCUT2D eigenvalue weighted by Crippen LogP contribution is 2.16. The summed E-state index contributed by atoms with van der Waals surface area (Å²) in [6, 6.07) is 3.85. The van der Waals surface area contributed by atoms with Crippen molar-refractivity contribution < 1.29 is 18.3 Å². The molecule has 0 aliphatic heterocycles. The molecule has 0 aliphatic carbocycles. The second-order valence-electron chi connectivity index (χ2n) is 4.16. The lowest BCUT2D eigenvalue weighted by atomic mass is 10.2. The van der Waals surface area contributed by atoms with E-state index in [1.54, 1.807) is 20.8 Å². The highest BCUT2D eigenvalue weighted by molar-refractivity contribution is 5.84. The molecule has 1 radical (unpaired) electrons. The lowest BCUT2D eigenvalue weighted by molar-refractivity contribution is 0.0635. The third-order valence-electron chi connectivity index (χ3n) is 1.49. The van der Waals surface area contributed by atoms with Gasteiger partial charge in [0, 0.05) is 6.07 Å². The molecule has 1 aromatic rings. The molecule has 0 fully saturated rings. The first kappa shape index (κ1) is 12.4. The predicted octanol–water partition coefficient (Wildman–Crippen LogP) is 3.11. The SMILES string of the molecule is CC(C)(C)OC(=O)Nc1[c]c(F)ccc1F. The number of halogens is 2. The number of hydrogen-bond donors (Lipinski definition) is 1. The number of ether oxygens (including phenoxy) is 1. The lowest BCUT2D eigenvalue weighted by Gasteiger charge is -2.19. The lowest BCUT2D eigenvalue weighted by Crippen LogP contribution is -2.27. The van der Waals surface area contributed by atoms with Crippen molar-refractivity contribution in [2.45, 2.75) is 26.4 Å². The number of hydrogen-bond acceptors (Lipinski definition) is 2. The van der Waals surface area contributed by atoms with Crippen molar-refractivity contribution in [2.75, 3.05) is 5.32 Å². The first-order chi connectivity index (χ1) is 7.28. The minimum Gasteiger partial charge on any atom is -0.444 e. The Kier molecular flexibility index (Phi) is 3.47. The van der Waals surface area contributed by atoms with Gasteiger partial charge in [-0.05, 0) is 32.9 Å². The summed E-state index contributed by atoms with van der Waals surface area (Å²) in [5, 5.41) is 2.08. The van der Waals surface area contributed by atoms with Gasteiger partial charge in [0.2, 0.25) is 0 Å². The Bertz CT molecular complexity index is 399. The van der Waals surface area contributed by atoms with Crippen LogP contribution in [0.25, 0.3) is 0 Å². The van der Waals surface area contributed by atoms with Crippen molar-refractivity contribution in [3.8, 4) is 0 Å². The molecule has 0 spiro atoms. The van der Waals surface area contributed by atoms with Crippen molar-refractivity contribution >= 4 is 11.8 Å². The number of benzene rings is 1. The Balaban J connectivity index is 2.73. The maximum absolute atomic E-state index is 13.1. The second-order valence-corrected chi connectivity index (χ2v) is 4.16. The molecule has 0 aromatic heterocycles. The van der Waals surface area contributed by atoms with Crippen LogP contribution >= 0.6 is 0 Å². The van der Waals surface area contributed by atoms with Crippen LogP contribution in [0, 0.1) is 17.7 Å². The molecule has 87 valence electrons. The number of rotatable bonds is 1. The molecular formula is C11H12F2NO2. The van der Waals surface area contributed by atoms with Gasteiger partial charge in [0.05, 0.1) is 5.69 Å². The zero-order chi connectivity index (χ0) is 12.3. The van der Waals surface area contributed by atoms with E-state index < -0.39 is 23.3 Å². The number of carbonyl (C=O) groups excluding carboxylic acids is 1. The minimum absolute atomic E-state index is 0.366. The third-order valence-corrected chi connectivity index (χ3v) is 1.49. The Labute approximate surface area is 92.4 Å². The van der Waals surface area contributed by atoms with Gasteiger partial charge in [0.1, 0.15) is 17.2 Å². The molecule has 16 heavy (non-hydrogen) atoms. The number of nitrogens with one attached hydrogen (secondary N) is 1. The second kappa shape index (κ2) is 4.47. The number of carbonyl (C=O) groups is 1. The van der Waals surface area contributed by atoms with E-state index in [0.717, 1.165) is 12.1 Å². The normalized spacial score (nSPS) is 11.1. The van der Waals surface area contributed by atoms with E-state index in [2.05, 4.69) is 5.32 Å². The van der Waals surface area contributed by atoms with E-state index in [4.69, 9.17) is 4.74 Å². The van der Waals surface area contributed by atoms with Crippen LogP contribution in [0.5, 0.6) is 0 Å². The van der Waals surface area contributed by atoms with E-state index in [1.165, 1.54) is 0 Å². The zero-order valence-electron chi connectivity index (χ0n) is 9.23. The summed E-state index contributed by atoms with van der Waals surface area (Å²) in [4.78, 5) is 11.2. The third kappa shape index (κ3) is 3.84. The van der Waals surface area contributed by atoms with Crippen molar-refractivity contribution in [2.24, 2.45) is 0 Å². The van der Waals surface area contributed by atoms with Crippen LogP contribution in [0.2, 0.25) is 0 Å². The van der Waals surface area contributed by atoms with E-state index in [-0.39, 0.29) is 5.69 Å². The van der Waals surface area contributed by atoms with E-state index in [1.807, 2.05) is 6.07 Å². The molecular weight excluding hydrogens is 216 g/mol. The van der Waals surface area contributed by atoms with Crippen molar-refractivity contribution in [3.05, 3.63) is 29.8 Å². The van der Waals surface area contributed by atoms with Crippen LogP contribution < -0.4 is 5.32 Å². The van der Waals surface area contributed by atoms with Gasteiger partial charge < -0.3 is 4.74 Å².